The van der Waals surface area contributed by atoms with E-state index in [2.05, 4.69) is 19.9 Å². The van der Waals surface area contributed by atoms with E-state index in [-0.39, 0.29) is 0 Å². The lowest BCUT2D eigenvalue weighted by molar-refractivity contribution is 1.26. The largest absolute Gasteiger partial charge is 0.253 e. The van der Waals surface area contributed by atoms with Crippen LogP contribution in [0.25, 0.3) is 22.1 Å². The van der Waals surface area contributed by atoms with E-state index in [0.717, 1.165) is 22.1 Å². The molecule has 0 radical (unpaired) electrons. The molecule has 0 N–H and O–H groups in total. The van der Waals surface area contributed by atoms with E-state index in [1.165, 1.54) is 0 Å². The van der Waals surface area contributed by atoms with Crippen molar-refractivity contribution in [2.45, 2.75) is 0 Å². The van der Waals surface area contributed by atoms with E-state index >= 15 is 0 Å². The van der Waals surface area contributed by atoms with Gasteiger partial charge in [-0.05, 0) is 12.1 Å². The minimum absolute atomic E-state index is 0.804. The first-order valence-corrected chi connectivity index (χ1v) is 4.25. The first-order valence-electron chi connectivity index (χ1n) is 4.25. The maximum Gasteiger partial charge on any atom is 0.116 e. The van der Waals surface area contributed by atoms with Crippen LogP contribution in [0.3, 0.4) is 0 Å². The van der Waals surface area contributed by atoms with Gasteiger partial charge >= 0.3 is 0 Å². The third kappa shape index (κ3) is 0.939. The van der Waals surface area contributed by atoms with Gasteiger partial charge in [0.25, 0.3) is 0 Å². The van der Waals surface area contributed by atoms with Crippen molar-refractivity contribution in [1.29, 1.82) is 0 Å². The van der Waals surface area contributed by atoms with Crippen molar-refractivity contribution in [2.24, 2.45) is 0 Å². The Kier molecular flexibility index (Phi) is 1.41. The molecule has 1 aromatic carbocycles. The van der Waals surface area contributed by atoms with Crippen molar-refractivity contribution < 1.29 is 0 Å². The molecule has 0 aliphatic rings. The fraction of sp³-hybridized carbons (Fsp3) is 0. The van der Waals surface area contributed by atoms with Crippen molar-refractivity contribution in [3.05, 3.63) is 36.9 Å². The van der Waals surface area contributed by atoms with Gasteiger partial charge in [-0.3, -0.25) is 19.9 Å². The van der Waals surface area contributed by atoms with Gasteiger partial charge in [0, 0.05) is 24.8 Å². The minimum Gasteiger partial charge on any atom is -0.253 e. The Hall–Kier alpha value is -2.10. The van der Waals surface area contributed by atoms with E-state index in [4.69, 9.17) is 0 Å². The van der Waals surface area contributed by atoms with Crippen LogP contribution in [-0.4, -0.2) is 19.9 Å². The van der Waals surface area contributed by atoms with Crippen molar-refractivity contribution in [3.63, 3.8) is 0 Å². The van der Waals surface area contributed by atoms with Crippen LogP contribution in [-0.2, 0) is 0 Å². The average Bonchev–Trinajstić information content (AvgIpc) is 2.29. The van der Waals surface area contributed by atoms with E-state index in [1.54, 1.807) is 24.8 Å². The van der Waals surface area contributed by atoms with Crippen molar-refractivity contribution in [2.75, 3.05) is 0 Å². The molecule has 0 atom stereocenters. The number of fused-ring (bicyclic) bond motifs is 3. The molecule has 0 saturated heterocycles. The topological polar surface area (TPSA) is 51.6 Å². The fourth-order valence-corrected chi connectivity index (χ4v) is 1.46. The molecule has 0 amide bonds. The first kappa shape index (κ1) is 7.32. The van der Waals surface area contributed by atoms with E-state index < -0.39 is 0 Å². The second-order valence-corrected chi connectivity index (χ2v) is 2.91. The number of hydrogen-bond donors (Lipinski definition) is 0. The highest BCUT2D eigenvalue weighted by Gasteiger charge is 2.02. The summed E-state index contributed by atoms with van der Waals surface area (Å²) in [6, 6.07) is 3.80. The van der Waals surface area contributed by atoms with Crippen LogP contribution in [0.1, 0.15) is 0 Å². The van der Waals surface area contributed by atoms with Crippen molar-refractivity contribution >= 4 is 22.1 Å². The summed E-state index contributed by atoms with van der Waals surface area (Å²) in [6.45, 7) is 0. The predicted octanol–water partition coefficient (Wildman–Crippen LogP) is 1.57. The highest BCUT2D eigenvalue weighted by atomic mass is 14.8. The number of aromatic nitrogens is 4. The van der Waals surface area contributed by atoms with Crippen LogP contribution < -0.4 is 0 Å². The molecule has 14 heavy (non-hydrogen) atoms. The number of nitrogens with zero attached hydrogens (tertiary/aromatic N) is 4. The molecular formula is C10H6N4. The molecule has 66 valence electrons. The molecule has 4 heteroatoms. The monoisotopic (exact) mass is 182 g/mol. The zero-order valence-corrected chi connectivity index (χ0v) is 7.25. The molecule has 3 aromatic rings. The van der Waals surface area contributed by atoms with Crippen LogP contribution in [0.15, 0.2) is 36.9 Å². The van der Waals surface area contributed by atoms with Gasteiger partial charge < -0.3 is 0 Å². The molecule has 2 aromatic heterocycles. The van der Waals surface area contributed by atoms with Crippen molar-refractivity contribution in [1.82, 2.24) is 19.9 Å². The van der Waals surface area contributed by atoms with Gasteiger partial charge in [-0.2, -0.15) is 0 Å². The summed E-state index contributed by atoms with van der Waals surface area (Å²) < 4.78 is 0. The summed E-state index contributed by atoms with van der Waals surface area (Å²) in [6.07, 6.45) is 6.67. The summed E-state index contributed by atoms with van der Waals surface area (Å²) in [5.41, 5.74) is 3.30. The Morgan fingerprint density at radius 1 is 0.571 bits per heavy atom. The van der Waals surface area contributed by atoms with Crippen LogP contribution >= 0.6 is 0 Å². The van der Waals surface area contributed by atoms with Gasteiger partial charge in [-0.1, -0.05) is 0 Å². The maximum atomic E-state index is 4.24. The molecular weight excluding hydrogens is 176 g/mol. The summed E-state index contributed by atoms with van der Waals surface area (Å²) in [5, 5.41) is 0. The molecule has 0 unspecified atom stereocenters. The second-order valence-electron chi connectivity index (χ2n) is 2.91. The summed E-state index contributed by atoms with van der Waals surface area (Å²) in [5.74, 6) is 0. The van der Waals surface area contributed by atoms with Crippen LogP contribution in [0.2, 0.25) is 0 Å². The summed E-state index contributed by atoms with van der Waals surface area (Å²) in [7, 11) is 0. The Balaban J connectivity index is 2.61. The number of benzene rings is 1. The number of rotatable bonds is 0. The van der Waals surface area contributed by atoms with E-state index in [9.17, 15) is 0 Å². The standard InChI is InChI=1S/C10H6N4/c1-2-8-10(14-6-4-12-8)9-7(1)11-3-5-13-9/h1-6H. The Morgan fingerprint density at radius 2 is 1.00 bits per heavy atom. The van der Waals surface area contributed by atoms with Gasteiger partial charge in [0.15, 0.2) is 0 Å². The summed E-state index contributed by atoms with van der Waals surface area (Å²) >= 11 is 0. The molecule has 0 saturated carbocycles. The van der Waals surface area contributed by atoms with Crippen LogP contribution in [0.5, 0.6) is 0 Å². The number of hydrogen-bond acceptors (Lipinski definition) is 4. The van der Waals surface area contributed by atoms with E-state index in [1.807, 2.05) is 12.1 Å². The highest BCUT2D eigenvalue weighted by Crippen LogP contribution is 2.17. The lowest BCUT2D eigenvalue weighted by Crippen LogP contribution is -1.87. The zero-order chi connectivity index (χ0) is 9.38. The molecule has 0 aliphatic heterocycles. The molecule has 0 aliphatic carbocycles. The first-order chi connectivity index (χ1) is 6.95. The zero-order valence-electron chi connectivity index (χ0n) is 7.25. The van der Waals surface area contributed by atoms with Gasteiger partial charge in [0.2, 0.25) is 0 Å². The third-order valence-corrected chi connectivity index (χ3v) is 2.08. The smallest absolute Gasteiger partial charge is 0.116 e. The summed E-state index contributed by atoms with van der Waals surface area (Å²) in [4.78, 5) is 16.9. The minimum atomic E-state index is 0.804. The predicted molar refractivity (Wildman–Crippen MR) is 52.6 cm³/mol. The van der Waals surface area contributed by atoms with Gasteiger partial charge in [-0.15, -0.1) is 0 Å². The lowest BCUT2D eigenvalue weighted by Gasteiger charge is -1.98. The average molecular weight is 182 g/mol. The molecule has 0 fully saturated rings. The van der Waals surface area contributed by atoms with Gasteiger partial charge in [-0.25, -0.2) is 0 Å². The van der Waals surface area contributed by atoms with Crippen LogP contribution in [0, 0.1) is 0 Å². The maximum absolute atomic E-state index is 4.24. The molecule has 2 heterocycles. The SMILES string of the molecule is c1cnc2c(ccc3nccnc32)n1. The molecule has 3 rings (SSSR count). The van der Waals surface area contributed by atoms with E-state index in [0.29, 0.717) is 0 Å². The molecule has 4 nitrogen and oxygen atoms in total. The fourth-order valence-electron chi connectivity index (χ4n) is 1.46. The van der Waals surface area contributed by atoms with Crippen LogP contribution in [0.4, 0.5) is 0 Å². The Bertz CT molecular complexity index is 551. The molecule has 0 bridgehead atoms. The molecule has 0 spiro atoms. The lowest BCUT2D eigenvalue weighted by atomic mass is 10.2. The normalized spacial score (nSPS) is 10.9. The van der Waals surface area contributed by atoms with Gasteiger partial charge in [0.1, 0.15) is 11.0 Å². The Labute approximate surface area is 79.7 Å². The third-order valence-electron chi connectivity index (χ3n) is 2.08. The van der Waals surface area contributed by atoms with Crippen molar-refractivity contribution in [3.8, 4) is 0 Å². The quantitative estimate of drug-likeness (QED) is 0.495. The Morgan fingerprint density at radius 3 is 1.50 bits per heavy atom. The highest BCUT2D eigenvalue weighted by molar-refractivity contribution is 5.99. The van der Waals surface area contributed by atoms with Gasteiger partial charge in [0.05, 0.1) is 11.0 Å². The second kappa shape index (κ2) is 2.70.